The van der Waals surface area contributed by atoms with Gasteiger partial charge in [-0.15, -0.1) is 0 Å². The fourth-order valence-electron chi connectivity index (χ4n) is 3.50. The first kappa shape index (κ1) is 21.7. The molecule has 0 spiro atoms. The Kier molecular flexibility index (Phi) is 6.60. The summed E-state index contributed by atoms with van der Waals surface area (Å²) in [5.41, 5.74) is 13.8. The van der Waals surface area contributed by atoms with Gasteiger partial charge in [-0.1, -0.05) is 15.9 Å². The van der Waals surface area contributed by atoms with E-state index in [1.807, 2.05) is 12.1 Å². The van der Waals surface area contributed by atoms with Crippen molar-refractivity contribution < 1.29 is 9.53 Å². The Bertz CT molecular complexity index is 1070. The highest BCUT2D eigenvalue weighted by atomic mass is 79.9. The molecule has 0 saturated carbocycles. The van der Waals surface area contributed by atoms with E-state index in [4.69, 9.17) is 10.5 Å². The third-order valence-corrected chi connectivity index (χ3v) is 5.81. The van der Waals surface area contributed by atoms with Crippen LogP contribution in [0, 0.1) is 0 Å². The number of halogens is 1. The zero-order chi connectivity index (χ0) is 22.5. The van der Waals surface area contributed by atoms with Gasteiger partial charge in [-0.3, -0.25) is 15.6 Å². The van der Waals surface area contributed by atoms with Crippen LogP contribution < -0.4 is 31.1 Å². The Hall–Kier alpha value is -3.53. The molecule has 1 saturated heterocycles. The number of nitrogens with one attached hydrogen (secondary N) is 2. The van der Waals surface area contributed by atoms with Crippen LogP contribution in [-0.2, 0) is 0 Å². The van der Waals surface area contributed by atoms with Crippen molar-refractivity contribution in [2.75, 3.05) is 54.2 Å². The standard InChI is InChI=1S/C22H24BrN7O2/c1-32-18-8-6-17(7-9-18)29-10-12-30(13-11-29)21-19(24)20(25-14-26-21)27-28-22(31)15-2-4-16(23)5-3-15/h2-9,14H,10-13,24H2,1H3,(H,28,31)(H,25,26,27). The quantitative estimate of drug-likeness (QED) is 0.446. The van der Waals surface area contributed by atoms with Gasteiger partial charge in [0.1, 0.15) is 17.8 Å². The molecule has 4 N–H and O–H groups in total. The van der Waals surface area contributed by atoms with Crippen molar-refractivity contribution >= 4 is 44.8 Å². The van der Waals surface area contributed by atoms with Gasteiger partial charge in [0.15, 0.2) is 11.6 Å². The summed E-state index contributed by atoms with van der Waals surface area (Å²) in [5, 5.41) is 0. The van der Waals surface area contributed by atoms with Crippen LogP contribution in [0.1, 0.15) is 10.4 Å². The number of amides is 1. The topological polar surface area (TPSA) is 109 Å². The average molecular weight is 498 g/mol. The minimum absolute atomic E-state index is 0.287. The summed E-state index contributed by atoms with van der Waals surface area (Å²) in [4.78, 5) is 25.3. The summed E-state index contributed by atoms with van der Waals surface area (Å²) in [6.07, 6.45) is 1.44. The van der Waals surface area contributed by atoms with Crippen molar-refractivity contribution in [3.8, 4) is 5.75 Å². The van der Waals surface area contributed by atoms with E-state index in [9.17, 15) is 4.79 Å². The van der Waals surface area contributed by atoms with Crippen LogP contribution in [0.4, 0.5) is 23.0 Å². The predicted octanol–water partition coefficient (Wildman–Crippen LogP) is 2.91. The number of piperazine rings is 1. The van der Waals surface area contributed by atoms with Crippen molar-refractivity contribution in [2.24, 2.45) is 0 Å². The molecule has 1 aromatic heterocycles. The third-order valence-electron chi connectivity index (χ3n) is 5.28. The summed E-state index contributed by atoms with van der Waals surface area (Å²) >= 11 is 3.35. The Morgan fingerprint density at radius 2 is 1.66 bits per heavy atom. The maximum absolute atomic E-state index is 12.3. The Labute approximate surface area is 194 Å². The van der Waals surface area contributed by atoms with Gasteiger partial charge in [0.25, 0.3) is 5.91 Å². The number of carbonyl (C=O) groups is 1. The van der Waals surface area contributed by atoms with E-state index in [1.54, 1.807) is 31.4 Å². The third kappa shape index (κ3) is 4.86. The lowest BCUT2D eigenvalue weighted by Gasteiger charge is -2.37. The van der Waals surface area contributed by atoms with Crippen LogP contribution in [0.2, 0.25) is 0 Å². The van der Waals surface area contributed by atoms with E-state index < -0.39 is 0 Å². The number of carbonyl (C=O) groups excluding carboxylic acids is 1. The first-order chi connectivity index (χ1) is 15.5. The highest BCUT2D eigenvalue weighted by Crippen LogP contribution is 2.28. The van der Waals surface area contributed by atoms with Gasteiger partial charge in [0, 0.05) is 41.9 Å². The summed E-state index contributed by atoms with van der Waals surface area (Å²) in [7, 11) is 1.66. The van der Waals surface area contributed by atoms with Crippen LogP contribution in [0.25, 0.3) is 0 Å². The summed E-state index contributed by atoms with van der Waals surface area (Å²) < 4.78 is 6.13. The maximum atomic E-state index is 12.3. The van der Waals surface area contributed by atoms with Crippen molar-refractivity contribution in [3.05, 3.63) is 64.9 Å². The summed E-state index contributed by atoms with van der Waals surface area (Å²) in [5.74, 6) is 1.56. The molecular formula is C22H24BrN7O2. The lowest BCUT2D eigenvalue weighted by molar-refractivity contribution is 0.0962. The van der Waals surface area contributed by atoms with Crippen molar-refractivity contribution in [1.82, 2.24) is 15.4 Å². The molecule has 0 aliphatic carbocycles. The Morgan fingerprint density at radius 3 is 2.31 bits per heavy atom. The Balaban J connectivity index is 1.38. The van der Waals surface area contributed by atoms with E-state index in [2.05, 4.69) is 58.7 Å². The van der Waals surface area contributed by atoms with Crippen molar-refractivity contribution in [3.63, 3.8) is 0 Å². The van der Waals surface area contributed by atoms with E-state index in [1.165, 1.54) is 6.33 Å². The molecule has 1 aliphatic heterocycles. The molecule has 2 aromatic carbocycles. The second kappa shape index (κ2) is 9.73. The molecule has 0 unspecified atom stereocenters. The number of methoxy groups -OCH3 is 1. The van der Waals surface area contributed by atoms with Gasteiger partial charge < -0.3 is 20.3 Å². The fourth-order valence-corrected chi connectivity index (χ4v) is 3.76. The molecule has 9 nitrogen and oxygen atoms in total. The molecule has 3 aromatic rings. The van der Waals surface area contributed by atoms with E-state index >= 15 is 0 Å². The molecule has 1 fully saturated rings. The second-order valence-electron chi connectivity index (χ2n) is 7.22. The van der Waals surface area contributed by atoms with E-state index in [-0.39, 0.29) is 5.91 Å². The van der Waals surface area contributed by atoms with Gasteiger partial charge >= 0.3 is 0 Å². The highest BCUT2D eigenvalue weighted by molar-refractivity contribution is 9.10. The number of ether oxygens (including phenoxy) is 1. The molecule has 4 rings (SSSR count). The van der Waals surface area contributed by atoms with Gasteiger partial charge in [0.05, 0.1) is 7.11 Å². The first-order valence-corrected chi connectivity index (χ1v) is 10.9. The molecule has 10 heteroatoms. The lowest BCUT2D eigenvalue weighted by atomic mass is 10.2. The number of hydrogen-bond donors (Lipinski definition) is 3. The SMILES string of the molecule is COc1ccc(N2CCN(c3ncnc(NNC(=O)c4ccc(Br)cc4)c3N)CC2)cc1. The smallest absolute Gasteiger partial charge is 0.269 e. The number of aromatic nitrogens is 2. The number of nitrogens with zero attached hydrogens (tertiary/aromatic N) is 4. The van der Waals surface area contributed by atoms with Crippen molar-refractivity contribution in [1.29, 1.82) is 0 Å². The number of benzene rings is 2. The van der Waals surface area contributed by atoms with E-state index in [0.29, 0.717) is 22.9 Å². The molecule has 0 bridgehead atoms. The average Bonchev–Trinajstić information content (AvgIpc) is 2.84. The largest absolute Gasteiger partial charge is 0.497 e. The number of nitrogen functional groups attached to an aromatic ring is 1. The minimum Gasteiger partial charge on any atom is -0.497 e. The molecule has 166 valence electrons. The lowest BCUT2D eigenvalue weighted by Crippen LogP contribution is -2.47. The monoisotopic (exact) mass is 497 g/mol. The number of rotatable bonds is 6. The van der Waals surface area contributed by atoms with Gasteiger partial charge in [-0.25, -0.2) is 9.97 Å². The second-order valence-corrected chi connectivity index (χ2v) is 8.13. The number of nitrogens with two attached hydrogens (primary N) is 1. The van der Waals surface area contributed by atoms with Crippen molar-refractivity contribution in [2.45, 2.75) is 0 Å². The molecule has 2 heterocycles. The van der Waals surface area contributed by atoms with Crippen LogP contribution in [-0.4, -0.2) is 49.2 Å². The molecule has 1 amide bonds. The summed E-state index contributed by atoms with van der Waals surface area (Å²) in [6.45, 7) is 3.19. The molecule has 32 heavy (non-hydrogen) atoms. The molecule has 0 atom stereocenters. The first-order valence-electron chi connectivity index (χ1n) is 10.1. The maximum Gasteiger partial charge on any atom is 0.269 e. The fraction of sp³-hybridized carbons (Fsp3) is 0.227. The normalized spacial score (nSPS) is 13.6. The van der Waals surface area contributed by atoms with Crippen LogP contribution in [0.3, 0.4) is 0 Å². The Morgan fingerprint density at radius 1 is 1.00 bits per heavy atom. The zero-order valence-corrected chi connectivity index (χ0v) is 19.2. The minimum atomic E-state index is -0.287. The number of anilines is 4. The van der Waals surface area contributed by atoms with Crippen LogP contribution in [0.15, 0.2) is 59.3 Å². The molecule has 0 radical (unpaired) electrons. The highest BCUT2D eigenvalue weighted by Gasteiger charge is 2.22. The molecule has 1 aliphatic rings. The van der Waals surface area contributed by atoms with Gasteiger partial charge in [-0.2, -0.15) is 0 Å². The zero-order valence-electron chi connectivity index (χ0n) is 17.6. The molecular weight excluding hydrogens is 474 g/mol. The van der Waals surface area contributed by atoms with Gasteiger partial charge in [0.2, 0.25) is 0 Å². The van der Waals surface area contributed by atoms with Crippen LogP contribution >= 0.6 is 15.9 Å². The summed E-state index contributed by atoms with van der Waals surface area (Å²) in [6, 6.07) is 15.1. The number of hydrazine groups is 1. The van der Waals surface area contributed by atoms with Crippen LogP contribution in [0.5, 0.6) is 5.75 Å². The predicted molar refractivity (Wildman–Crippen MR) is 129 cm³/mol. The number of hydrogen-bond acceptors (Lipinski definition) is 8. The van der Waals surface area contributed by atoms with E-state index in [0.717, 1.165) is 42.1 Å². The van der Waals surface area contributed by atoms with Gasteiger partial charge in [-0.05, 0) is 48.5 Å².